The Bertz CT molecular complexity index is 1340. The molecule has 4 aromatic rings. The first-order valence-corrected chi connectivity index (χ1v) is 10.8. The van der Waals surface area contributed by atoms with Gasteiger partial charge in [0.15, 0.2) is 5.82 Å². The summed E-state index contributed by atoms with van der Waals surface area (Å²) in [6.07, 6.45) is 3.62. The number of nitrogen functional groups attached to an aromatic ring is 1. The Kier molecular flexibility index (Phi) is 5.13. The van der Waals surface area contributed by atoms with Gasteiger partial charge in [0.1, 0.15) is 11.3 Å². The Balaban J connectivity index is 1.59. The maximum absolute atomic E-state index is 6.14. The van der Waals surface area contributed by atoms with Gasteiger partial charge in [0, 0.05) is 47.4 Å². The molecule has 1 fully saturated rings. The lowest BCUT2D eigenvalue weighted by Gasteiger charge is -2.38. The van der Waals surface area contributed by atoms with E-state index in [4.69, 9.17) is 15.2 Å². The zero-order valence-corrected chi connectivity index (χ0v) is 19.2. The normalized spacial score (nSPS) is 14.8. The summed E-state index contributed by atoms with van der Waals surface area (Å²) in [5.74, 6) is 1.55. The Morgan fingerprint density at radius 3 is 2.70 bits per heavy atom. The van der Waals surface area contributed by atoms with Gasteiger partial charge in [-0.1, -0.05) is 13.0 Å². The number of rotatable bonds is 6. The fraction of sp³-hybridized carbons (Fsp3) is 0.333. The van der Waals surface area contributed by atoms with Crippen molar-refractivity contribution in [2.75, 3.05) is 37.9 Å². The maximum atomic E-state index is 6.14. The molecular weight excluding hydrogens is 418 g/mol. The lowest BCUT2D eigenvalue weighted by molar-refractivity contribution is -0.0924. The van der Waals surface area contributed by atoms with Gasteiger partial charge in [-0.25, -0.2) is 15.0 Å². The molecule has 1 saturated heterocycles. The van der Waals surface area contributed by atoms with Crippen LogP contribution in [0.2, 0.25) is 0 Å². The quantitative estimate of drug-likeness (QED) is 0.464. The second-order valence-electron chi connectivity index (χ2n) is 8.83. The lowest BCUT2D eigenvalue weighted by atomic mass is 9.89. The molecular formula is C24H27N7O2. The van der Waals surface area contributed by atoms with E-state index in [0.717, 1.165) is 47.5 Å². The zero-order valence-electron chi connectivity index (χ0n) is 19.2. The minimum Gasteiger partial charge on any atom is -0.496 e. The van der Waals surface area contributed by atoms with E-state index in [1.165, 1.54) is 0 Å². The van der Waals surface area contributed by atoms with Gasteiger partial charge in [-0.3, -0.25) is 4.68 Å². The number of hydrogen-bond donors (Lipinski definition) is 2. The van der Waals surface area contributed by atoms with Gasteiger partial charge >= 0.3 is 0 Å². The number of ether oxygens (including phenoxy) is 2. The van der Waals surface area contributed by atoms with Crippen LogP contribution >= 0.6 is 0 Å². The van der Waals surface area contributed by atoms with Gasteiger partial charge in [0.05, 0.1) is 32.2 Å². The van der Waals surface area contributed by atoms with Crippen LogP contribution < -0.4 is 15.8 Å². The molecule has 170 valence electrons. The van der Waals surface area contributed by atoms with Crippen LogP contribution in [-0.2, 0) is 11.8 Å². The molecule has 1 aromatic carbocycles. The number of hydrogen-bond acceptors (Lipinski definition) is 8. The minimum absolute atomic E-state index is 0.0920. The highest BCUT2D eigenvalue weighted by molar-refractivity contribution is 5.99. The van der Waals surface area contributed by atoms with Crippen molar-refractivity contribution >= 4 is 22.7 Å². The molecule has 33 heavy (non-hydrogen) atoms. The van der Waals surface area contributed by atoms with Crippen LogP contribution in [0.5, 0.6) is 5.75 Å². The molecule has 1 aliphatic heterocycles. The number of fused-ring (bicyclic) bond motifs is 1. The number of aryl methyl sites for hydroxylation is 1. The van der Waals surface area contributed by atoms with Crippen molar-refractivity contribution in [2.45, 2.75) is 13.8 Å². The van der Waals surface area contributed by atoms with Crippen molar-refractivity contribution in [3.05, 3.63) is 42.4 Å². The number of anilines is 2. The van der Waals surface area contributed by atoms with Crippen molar-refractivity contribution in [3.63, 3.8) is 0 Å². The summed E-state index contributed by atoms with van der Waals surface area (Å²) in [6, 6.07) is 7.95. The van der Waals surface area contributed by atoms with Crippen LogP contribution in [0.4, 0.5) is 11.8 Å². The minimum atomic E-state index is 0.0920. The van der Waals surface area contributed by atoms with E-state index in [1.807, 2.05) is 49.1 Å². The molecule has 0 bridgehead atoms. The molecule has 0 saturated carbocycles. The van der Waals surface area contributed by atoms with Crippen molar-refractivity contribution in [1.82, 2.24) is 24.7 Å². The van der Waals surface area contributed by atoms with Crippen molar-refractivity contribution in [1.29, 1.82) is 0 Å². The molecule has 9 heteroatoms. The Hall–Kier alpha value is -3.72. The summed E-state index contributed by atoms with van der Waals surface area (Å²) >= 11 is 0. The summed E-state index contributed by atoms with van der Waals surface area (Å²) in [4.78, 5) is 13.6. The second-order valence-corrected chi connectivity index (χ2v) is 8.83. The summed E-state index contributed by atoms with van der Waals surface area (Å²) in [7, 11) is 3.58. The van der Waals surface area contributed by atoms with E-state index in [1.54, 1.807) is 13.3 Å². The van der Waals surface area contributed by atoms with Gasteiger partial charge in [-0.2, -0.15) is 5.10 Å². The molecule has 0 atom stereocenters. The van der Waals surface area contributed by atoms with Crippen LogP contribution in [-0.4, -0.2) is 51.6 Å². The predicted molar refractivity (Wildman–Crippen MR) is 128 cm³/mol. The van der Waals surface area contributed by atoms with Gasteiger partial charge in [0.2, 0.25) is 5.95 Å². The highest BCUT2D eigenvalue weighted by atomic mass is 16.5. The number of aromatic nitrogens is 5. The fourth-order valence-corrected chi connectivity index (χ4v) is 4.09. The number of benzene rings is 1. The van der Waals surface area contributed by atoms with Crippen molar-refractivity contribution in [3.8, 4) is 28.1 Å². The number of nitrogens with one attached hydrogen (secondary N) is 1. The van der Waals surface area contributed by atoms with E-state index in [0.29, 0.717) is 22.8 Å². The van der Waals surface area contributed by atoms with Crippen molar-refractivity contribution in [2.24, 2.45) is 12.5 Å². The molecule has 5 rings (SSSR count). The molecule has 0 radical (unpaired) electrons. The third-order valence-corrected chi connectivity index (χ3v) is 6.22. The monoisotopic (exact) mass is 445 g/mol. The molecule has 9 nitrogen and oxygen atoms in total. The van der Waals surface area contributed by atoms with Crippen LogP contribution in [0.25, 0.3) is 33.3 Å². The Morgan fingerprint density at radius 2 is 2.03 bits per heavy atom. The molecule has 0 aliphatic carbocycles. The van der Waals surface area contributed by atoms with Crippen molar-refractivity contribution < 1.29 is 9.47 Å². The maximum Gasteiger partial charge on any atom is 0.221 e. The van der Waals surface area contributed by atoms with Crippen LogP contribution in [0.1, 0.15) is 12.6 Å². The first-order chi connectivity index (χ1) is 15.9. The van der Waals surface area contributed by atoms with E-state index in [-0.39, 0.29) is 11.4 Å². The second kappa shape index (κ2) is 8.00. The largest absolute Gasteiger partial charge is 0.496 e. The molecule has 0 amide bonds. The first kappa shape index (κ1) is 21.1. The van der Waals surface area contributed by atoms with Gasteiger partial charge in [-0.15, -0.1) is 0 Å². The van der Waals surface area contributed by atoms with Crippen LogP contribution in [0, 0.1) is 12.3 Å². The Morgan fingerprint density at radius 1 is 1.21 bits per heavy atom. The fourth-order valence-electron chi connectivity index (χ4n) is 4.09. The van der Waals surface area contributed by atoms with Crippen LogP contribution in [0.15, 0.2) is 36.7 Å². The van der Waals surface area contributed by atoms with Gasteiger partial charge in [0.25, 0.3) is 0 Å². The number of methoxy groups -OCH3 is 1. The average molecular weight is 446 g/mol. The predicted octanol–water partition coefficient (Wildman–Crippen LogP) is 3.44. The van der Waals surface area contributed by atoms with E-state index in [2.05, 4.69) is 32.3 Å². The summed E-state index contributed by atoms with van der Waals surface area (Å²) in [6.45, 7) is 6.42. The molecule has 3 N–H and O–H groups in total. The third-order valence-electron chi connectivity index (χ3n) is 6.22. The lowest BCUT2D eigenvalue weighted by Crippen LogP contribution is -2.45. The highest BCUT2D eigenvalue weighted by Gasteiger charge is 2.33. The number of nitrogens with zero attached hydrogens (tertiary/aromatic N) is 5. The SMILES string of the molecule is COc1cc(-c2cnn(C)c2C)ccc1-c1nc(N)nc2c(NCC3(C)COC3)nccc12. The summed E-state index contributed by atoms with van der Waals surface area (Å²) in [5, 5.41) is 8.63. The molecule has 0 spiro atoms. The van der Waals surface area contributed by atoms with Gasteiger partial charge in [-0.05, 0) is 30.7 Å². The first-order valence-electron chi connectivity index (χ1n) is 10.8. The molecule has 0 unspecified atom stereocenters. The van der Waals surface area contributed by atoms with Crippen LogP contribution in [0.3, 0.4) is 0 Å². The topological polar surface area (TPSA) is 113 Å². The van der Waals surface area contributed by atoms with Gasteiger partial charge < -0.3 is 20.5 Å². The third kappa shape index (κ3) is 3.74. The summed E-state index contributed by atoms with van der Waals surface area (Å²) in [5.41, 5.74) is 11.6. The molecule has 4 heterocycles. The smallest absolute Gasteiger partial charge is 0.221 e. The van der Waals surface area contributed by atoms with E-state index in [9.17, 15) is 0 Å². The molecule has 3 aromatic heterocycles. The number of nitrogens with two attached hydrogens (primary N) is 1. The standard InChI is InChI=1S/C24H27N7O2/c1-14-18(10-28-31(14)3)15-5-6-16(19(9-15)32-4)20-17-7-8-26-22(21(17)30-23(25)29-20)27-11-24(2)12-33-13-24/h5-10H,11-13H2,1-4H3,(H,26,27)(H2,25,29,30). The zero-order chi connectivity index (χ0) is 23.2. The number of pyridine rings is 1. The highest BCUT2D eigenvalue weighted by Crippen LogP contribution is 2.38. The summed E-state index contributed by atoms with van der Waals surface area (Å²) < 4.78 is 13.0. The Labute approximate surface area is 192 Å². The average Bonchev–Trinajstić information content (AvgIpc) is 3.13. The molecule has 1 aliphatic rings. The van der Waals surface area contributed by atoms with E-state index < -0.39 is 0 Å². The van der Waals surface area contributed by atoms with E-state index >= 15 is 0 Å².